The first-order valence-corrected chi connectivity index (χ1v) is 5.93. The van der Waals surface area contributed by atoms with E-state index in [0.717, 1.165) is 0 Å². The molecule has 0 radical (unpaired) electrons. The molecule has 0 spiro atoms. The number of nitrogens with two attached hydrogens (primary N) is 1. The lowest BCUT2D eigenvalue weighted by Crippen LogP contribution is -2.16. The molecule has 0 atom stereocenters. The van der Waals surface area contributed by atoms with Crippen molar-refractivity contribution >= 4 is 11.7 Å². The molecule has 1 aromatic heterocycles. The van der Waals surface area contributed by atoms with Crippen molar-refractivity contribution in [1.29, 1.82) is 0 Å². The molecule has 1 aromatic rings. The summed E-state index contributed by atoms with van der Waals surface area (Å²) in [6.45, 7) is -0.516. The number of nitrogens with one attached hydrogen (secondary N) is 1. The van der Waals surface area contributed by atoms with E-state index < -0.39 is 13.0 Å². The van der Waals surface area contributed by atoms with Crippen molar-refractivity contribution in [2.24, 2.45) is 5.73 Å². The summed E-state index contributed by atoms with van der Waals surface area (Å²) in [6, 6.07) is 4.98. The highest BCUT2D eigenvalue weighted by atomic mass is 19.3. The van der Waals surface area contributed by atoms with Gasteiger partial charge in [0.25, 0.3) is 6.43 Å². The van der Waals surface area contributed by atoms with Crippen LogP contribution in [0.2, 0.25) is 0 Å². The van der Waals surface area contributed by atoms with Crippen molar-refractivity contribution in [1.82, 2.24) is 4.98 Å². The van der Waals surface area contributed by atoms with Crippen molar-refractivity contribution in [3.05, 3.63) is 23.9 Å². The van der Waals surface area contributed by atoms with Gasteiger partial charge in [0.15, 0.2) is 0 Å². The van der Waals surface area contributed by atoms with E-state index in [1.54, 1.807) is 18.2 Å². The fourth-order valence-corrected chi connectivity index (χ4v) is 1.26. The molecule has 0 saturated carbocycles. The SMILES string of the molecule is NCC#Cc1cccc(NC(=O)CCOCC(F)F)n1. The summed E-state index contributed by atoms with van der Waals surface area (Å²) in [5.74, 6) is 5.36. The van der Waals surface area contributed by atoms with Gasteiger partial charge in [-0.25, -0.2) is 13.8 Å². The van der Waals surface area contributed by atoms with Gasteiger partial charge in [-0.15, -0.1) is 0 Å². The van der Waals surface area contributed by atoms with E-state index in [9.17, 15) is 13.6 Å². The van der Waals surface area contributed by atoms with Crippen LogP contribution in [0, 0.1) is 11.8 Å². The van der Waals surface area contributed by atoms with Gasteiger partial charge < -0.3 is 15.8 Å². The third-order valence-corrected chi connectivity index (χ3v) is 2.05. The maximum absolute atomic E-state index is 11.8. The number of ether oxygens (including phenoxy) is 1. The lowest BCUT2D eigenvalue weighted by molar-refractivity contribution is -0.117. The molecular weight excluding hydrogens is 268 g/mol. The van der Waals surface area contributed by atoms with E-state index >= 15 is 0 Å². The van der Waals surface area contributed by atoms with Gasteiger partial charge in [-0.05, 0) is 18.1 Å². The summed E-state index contributed by atoms with van der Waals surface area (Å²) in [7, 11) is 0. The molecule has 1 rings (SSSR count). The monoisotopic (exact) mass is 283 g/mol. The van der Waals surface area contributed by atoms with E-state index in [1.165, 1.54) is 0 Å². The van der Waals surface area contributed by atoms with Crippen LogP contribution in [0.15, 0.2) is 18.2 Å². The van der Waals surface area contributed by atoms with Crippen LogP contribution in [-0.4, -0.2) is 37.1 Å². The van der Waals surface area contributed by atoms with Crippen molar-refractivity contribution in [2.75, 3.05) is 25.1 Å². The average Bonchev–Trinajstić information content (AvgIpc) is 2.41. The Morgan fingerprint density at radius 3 is 3.00 bits per heavy atom. The van der Waals surface area contributed by atoms with E-state index in [1.807, 2.05) is 0 Å². The van der Waals surface area contributed by atoms with Crippen LogP contribution in [0.5, 0.6) is 0 Å². The first kappa shape index (κ1) is 16.0. The Labute approximate surface area is 115 Å². The fraction of sp³-hybridized carbons (Fsp3) is 0.385. The van der Waals surface area contributed by atoms with Crippen LogP contribution in [0.3, 0.4) is 0 Å². The van der Waals surface area contributed by atoms with Crippen LogP contribution in [0.25, 0.3) is 0 Å². The van der Waals surface area contributed by atoms with Gasteiger partial charge in [-0.1, -0.05) is 12.0 Å². The number of amides is 1. The third kappa shape index (κ3) is 6.78. The summed E-state index contributed by atoms with van der Waals surface area (Å²) in [5, 5.41) is 2.53. The largest absolute Gasteiger partial charge is 0.375 e. The highest BCUT2D eigenvalue weighted by molar-refractivity contribution is 5.89. The number of nitrogens with zero attached hydrogens (tertiary/aromatic N) is 1. The lowest BCUT2D eigenvalue weighted by atomic mass is 10.3. The minimum absolute atomic E-state index is 0.0207. The van der Waals surface area contributed by atoms with Crippen molar-refractivity contribution in [3.8, 4) is 11.8 Å². The molecule has 5 nitrogen and oxygen atoms in total. The number of pyridine rings is 1. The molecular formula is C13H15F2N3O2. The molecule has 0 aliphatic rings. The molecule has 0 saturated heterocycles. The second-order valence-corrected chi connectivity index (χ2v) is 3.68. The second kappa shape index (κ2) is 8.96. The average molecular weight is 283 g/mol. The second-order valence-electron chi connectivity index (χ2n) is 3.68. The first-order valence-electron chi connectivity index (χ1n) is 5.93. The van der Waals surface area contributed by atoms with Gasteiger partial charge in [0, 0.05) is 0 Å². The van der Waals surface area contributed by atoms with Gasteiger partial charge >= 0.3 is 0 Å². The quantitative estimate of drug-likeness (QED) is 0.603. The molecule has 3 N–H and O–H groups in total. The molecule has 1 amide bonds. The topological polar surface area (TPSA) is 77.2 Å². The lowest BCUT2D eigenvalue weighted by Gasteiger charge is -2.05. The minimum atomic E-state index is -2.53. The summed E-state index contributed by atoms with van der Waals surface area (Å²) < 4.78 is 28.2. The Kier molecular flexibility index (Phi) is 7.17. The minimum Gasteiger partial charge on any atom is -0.375 e. The van der Waals surface area contributed by atoms with Gasteiger partial charge in [0.2, 0.25) is 5.91 Å². The number of halogens is 2. The number of hydrogen-bond donors (Lipinski definition) is 2. The number of anilines is 1. The summed E-state index contributed by atoms with van der Waals surface area (Å²) in [5.41, 5.74) is 5.73. The summed E-state index contributed by atoms with van der Waals surface area (Å²) in [4.78, 5) is 15.6. The van der Waals surface area contributed by atoms with Crippen LogP contribution in [-0.2, 0) is 9.53 Å². The Morgan fingerprint density at radius 1 is 1.50 bits per heavy atom. The van der Waals surface area contributed by atoms with Crippen LogP contribution < -0.4 is 11.1 Å². The zero-order chi connectivity index (χ0) is 14.8. The van der Waals surface area contributed by atoms with E-state index in [2.05, 4.69) is 26.9 Å². The van der Waals surface area contributed by atoms with Crippen LogP contribution in [0.1, 0.15) is 12.1 Å². The van der Waals surface area contributed by atoms with Crippen LogP contribution in [0.4, 0.5) is 14.6 Å². The van der Waals surface area contributed by atoms with Gasteiger partial charge in [0.05, 0.1) is 19.6 Å². The van der Waals surface area contributed by atoms with Crippen molar-refractivity contribution < 1.29 is 18.3 Å². The number of carbonyl (C=O) groups is 1. The highest BCUT2D eigenvalue weighted by Crippen LogP contribution is 2.04. The number of carbonyl (C=O) groups excluding carboxylic acids is 1. The molecule has 1 heterocycles. The molecule has 0 aliphatic carbocycles. The Morgan fingerprint density at radius 2 is 2.30 bits per heavy atom. The van der Waals surface area contributed by atoms with Gasteiger partial charge in [0.1, 0.15) is 18.1 Å². The van der Waals surface area contributed by atoms with Gasteiger partial charge in [-0.3, -0.25) is 4.79 Å². The summed E-state index contributed by atoms with van der Waals surface area (Å²) >= 11 is 0. The van der Waals surface area contributed by atoms with Crippen LogP contribution >= 0.6 is 0 Å². The smallest absolute Gasteiger partial charge is 0.261 e. The Bertz CT molecular complexity index is 498. The predicted octanol–water partition coefficient (Wildman–Crippen LogP) is 1.00. The first-order chi connectivity index (χ1) is 9.61. The molecule has 0 fully saturated rings. The molecule has 0 bridgehead atoms. The molecule has 7 heteroatoms. The highest BCUT2D eigenvalue weighted by Gasteiger charge is 2.06. The number of aromatic nitrogens is 1. The maximum atomic E-state index is 11.8. The normalized spacial score (nSPS) is 10.0. The standard InChI is InChI=1S/C13H15F2N3O2/c14-11(15)9-20-8-6-13(19)18-12-5-1-3-10(17-12)4-2-7-16/h1,3,5,11H,6-9,16H2,(H,17,18,19). The number of rotatable bonds is 6. The Balaban J connectivity index is 2.41. The third-order valence-electron chi connectivity index (χ3n) is 2.05. The maximum Gasteiger partial charge on any atom is 0.261 e. The van der Waals surface area contributed by atoms with E-state index in [0.29, 0.717) is 11.5 Å². The molecule has 0 unspecified atom stereocenters. The van der Waals surface area contributed by atoms with Gasteiger partial charge in [-0.2, -0.15) is 0 Å². The molecule has 108 valence electrons. The zero-order valence-corrected chi connectivity index (χ0v) is 10.7. The van der Waals surface area contributed by atoms with E-state index in [-0.39, 0.29) is 25.5 Å². The number of alkyl halides is 2. The predicted molar refractivity (Wildman–Crippen MR) is 70.2 cm³/mol. The van der Waals surface area contributed by atoms with Crippen molar-refractivity contribution in [3.63, 3.8) is 0 Å². The molecule has 0 aliphatic heterocycles. The fourth-order valence-electron chi connectivity index (χ4n) is 1.26. The molecule has 0 aromatic carbocycles. The number of hydrogen-bond acceptors (Lipinski definition) is 4. The zero-order valence-electron chi connectivity index (χ0n) is 10.7. The molecule has 20 heavy (non-hydrogen) atoms. The summed E-state index contributed by atoms with van der Waals surface area (Å²) in [6.07, 6.45) is -2.55. The van der Waals surface area contributed by atoms with Crippen molar-refractivity contribution in [2.45, 2.75) is 12.8 Å². The Hall–Kier alpha value is -2.04. The van der Waals surface area contributed by atoms with E-state index in [4.69, 9.17) is 5.73 Å².